The molecular formula is C22H20FN5O. The molecule has 7 heteroatoms. The van der Waals surface area contributed by atoms with Gasteiger partial charge in [-0.25, -0.2) is 4.39 Å². The number of nitriles is 1. The summed E-state index contributed by atoms with van der Waals surface area (Å²) in [6.07, 6.45) is 4.26. The minimum absolute atomic E-state index is 0.0411. The van der Waals surface area contributed by atoms with Crippen LogP contribution in [-0.2, 0) is 0 Å². The van der Waals surface area contributed by atoms with E-state index in [1.165, 1.54) is 19.2 Å². The van der Waals surface area contributed by atoms with Crippen molar-refractivity contribution in [2.75, 3.05) is 23.9 Å². The maximum Gasteiger partial charge on any atom is 0.128 e. The highest BCUT2D eigenvalue weighted by atomic mass is 19.1. The van der Waals surface area contributed by atoms with Crippen molar-refractivity contribution in [3.63, 3.8) is 0 Å². The highest BCUT2D eigenvalue weighted by Gasteiger charge is 2.28. The molecule has 3 aromatic rings. The fraction of sp³-hybridized carbons (Fsp3) is 0.182. The molecule has 29 heavy (non-hydrogen) atoms. The Balaban J connectivity index is 1.55. The van der Waals surface area contributed by atoms with E-state index in [9.17, 15) is 9.65 Å². The molecule has 0 bridgehead atoms. The summed E-state index contributed by atoms with van der Waals surface area (Å²) in [5.41, 5.74) is 4.68. The Kier molecular flexibility index (Phi) is 4.92. The summed E-state index contributed by atoms with van der Waals surface area (Å²) in [6, 6.07) is 12.5. The van der Waals surface area contributed by atoms with Gasteiger partial charge in [-0.2, -0.15) is 10.4 Å². The first kappa shape index (κ1) is 18.6. The molecule has 0 amide bonds. The number of hydrogen-bond donors (Lipinski definition) is 2. The van der Waals surface area contributed by atoms with Crippen molar-refractivity contribution >= 4 is 11.4 Å². The first-order valence-electron chi connectivity index (χ1n) is 9.20. The van der Waals surface area contributed by atoms with Crippen molar-refractivity contribution in [3.8, 4) is 22.9 Å². The lowest BCUT2D eigenvalue weighted by atomic mass is 10.0. The zero-order valence-electron chi connectivity index (χ0n) is 15.9. The molecule has 0 radical (unpaired) electrons. The molecule has 0 aliphatic carbocycles. The predicted molar refractivity (Wildman–Crippen MR) is 110 cm³/mol. The van der Waals surface area contributed by atoms with Crippen molar-refractivity contribution < 1.29 is 9.13 Å². The zero-order chi connectivity index (χ0) is 20.4. The van der Waals surface area contributed by atoms with Crippen molar-refractivity contribution in [3.05, 3.63) is 72.4 Å². The van der Waals surface area contributed by atoms with Crippen molar-refractivity contribution in [1.82, 2.24) is 10.2 Å². The van der Waals surface area contributed by atoms with Crippen LogP contribution in [0, 0.1) is 17.1 Å². The SMILES string of the molecule is C=C1C(Nc2cc(F)cc(OC)c2)CCN1c1ccc(-c2cn[nH]c2)c(C#N)c1. The summed E-state index contributed by atoms with van der Waals surface area (Å²) in [6.45, 7) is 4.97. The monoisotopic (exact) mass is 389 g/mol. The van der Waals surface area contributed by atoms with E-state index in [0.29, 0.717) is 17.0 Å². The number of rotatable bonds is 5. The largest absolute Gasteiger partial charge is 0.497 e. The molecule has 1 aliphatic heterocycles. The van der Waals surface area contributed by atoms with Gasteiger partial charge in [-0.3, -0.25) is 5.10 Å². The smallest absolute Gasteiger partial charge is 0.128 e. The summed E-state index contributed by atoms with van der Waals surface area (Å²) in [5, 5.41) is 19.6. The molecule has 2 N–H and O–H groups in total. The van der Waals surface area contributed by atoms with E-state index in [-0.39, 0.29) is 11.9 Å². The van der Waals surface area contributed by atoms with Gasteiger partial charge in [0.1, 0.15) is 11.6 Å². The zero-order valence-corrected chi connectivity index (χ0v) is 15.9. The van der Waals surface area contributed by atoms with E-state index >= 15 is 0 Å². The fourth-order valence-electron chi connectivity index (χ4n) is 3.61. The summed E-state index contributed by atoms with van der Waals surface area (Å²) in [7, 11) is 1.51. The number of methoxy groups -OCH3 is 1. The van der Waals surface area contributed by atoms with Crippen LogP contribution in [0.5, 0.6) is 5.75 Å². The number of halogens is 1. The third kappa shape index (κ3) is 3.65. The Labute approximate surface area is 168 Å². The van der Waals surface area contributed by atoms with Crippen LogP contribution in [0.4, 0.5) is 15.8 Å². The average Bonchev–Trinajstić information content (AvgIpc) is 3.38. The Morgan fingerprint density at radius 2 is 2.21 bits per heavy atom. The van der Waals surface area contributed by atoms with Gasteiger partial charge < -0.3 is 15.0 Å². The van der Waals surface area contributed by atoms with Gasteiger partial charge >= 0.3 is 0 Å². The van der Waals surface area contributed by atoms with Crippen LogP contribution in [0.15, 0.2) is 61.1 Å². The van der Waals surface area contributed by atoms with Gasteiger partial charge in [-0.05, 0) is 24.6 Å². The number of ether oxygens (including phenoxy) is 1. The van der Waals surface area contributed by atoms with E-state index in [1.54, 1.807) is 18.5 Å². The number of benzene rings is 2. The molecule has 146 valence electrons. The molecule has 0 saturated carbocycles. The van der Waals surface area contributed by atoms with Crippen LogP contribution in [0.1, 0.15) is 12.0 Å². The highest BCUT2D eigenvalue weighted by molar-refractivity contribution is 5.74. The molecule has 2 aromatic carbocycles. The Morgan fingerprint density at radius 1 is 1.34 bits per heavy atom. The molecule has 1 saturated heterocycles. The number of aromatic amines is 1. The lowest BCUT2D eigenvalue weighted by Gasteiger charge is -2.23. The molecule has 2 heterocycles. The Bertz CT molecular complexity index is 1090. The molecule has 6 nitrogen and oxygen atoms in total. The lowest BCUT2D eigenvalue weighted by Crippen LogP contribution is -2.23. The van der Waals surface area contributed by atoms with Crippen LogP contribution >= 0.6 is 0 Å². The number of nitrogens with one attached hydrogen (secondary N) is 2. The minimum Gasteiger partial charge on any atom is -0.497 e. The van der Waals surface area contributed by atoms with Crippen LogP contribution in [0.3, 0.4) is 0 Å². The molecule has 0 spiro atoms. The summed E-state index contributed by atoms with van der Waals surface area (Å²) in [5.74, 6) is 0.0993. The first-order valence-corrected chi connectivity index (χ1v) is 9.20. The molecule has 1 atom stereocenters. The first-order chi connectivity index (χ1) is 14.1. The molecule has 4 rings (SSSR count). The van der Waals surface area contributed by atoms with E-state index in [0.717, 1.165) is 35.5 Å². The number of aromatic nitrogens is 2. The van der Waals surface area contributed by atoms with Gasteiger partial charge in [0.05, 0.1) is 31.0 Å². The van der Waals surface area contributed by atoms with Crippen LogP contribution in [0.25, 0.3) is 11.1 Å². The summed E-state index contributed by atoms with van der Waals surface area (Å²) < 4.78 is 18.9. The number of H-pyrrole nitrogens is 1. The number of nitrogens with zero attached hydrogens (tertiary/aromatic N) is 3. The van der Waals surface area contributed by atoms with E-state index in [2.05, 4.69) is 33.1 Å². The Hall–Kier alpha value is -3.79. The van der Waals surface area contributed by atoms with Gasteiger partial charge in [0.2, 0.25) is 0 Å². The quantitative estimate of drug-likeness (QED) is 0.680. The van der Waals surface area contributed by atoms with E-state index in [1.807, 2.05) is 18.2 Å². The predicted octanol–water partition coefficient (Wildman–Crippen LogP) is 4.30. The van der Waals surface area contributed by atoms with E-state index < -0.39 is 0 Å². The molecular weight excluding hydrogens is 369 g/mol. The lowest BCUT2D eigenvalue weighted by molar-refractivity contribution is 0.411. The van der Waals surface area contributed by atoms with Crippen LogP contribution in [0.2, 0.25) is 0 Å². The van der Waals surface area contributed by atoms with Crippen molar-refractivity contribution in [2.45, 2.75) is 12.5 Å². The Morgan fingerprint density at radius 3 is 2.93 bits per heavy atom. The second-order valence-electron chi connectivity index (χ2n) is 6.84. The van der Waals surface area contributed by atoms with Gasteiger partial charge in [0.15, 0.2) is 0 Å². The molecule has 1 fully saturated rings. The normalized spacial score (nSPS) is 16.0. The second kappa shape index (κ2) is 7.68. The molecule has 1 aliphatic rings. The third-order valence-corrected chi connectivity index (χ3v) is 5.08. The number of hydrogen-bond acceptors (Lipinski definition) is 5. The van der Waals surface area contributed by atoms with Gasteiger partial charge in [-0.1, -0.05) is 12.6 Å². The average molecular weight is 389 g/mol. The van der Waals surface area contributed by atoms with Gasteiger partial charge in [0, 0.05) is 53.1 Å². The molecule has 1 aromatic heterocycles. The molecule has 1 unspecified atom stereocenters. The maximum atomic E-state index is 13.8. The minimum atomic E-state index is -0.360. The van der Waals surface area contributed by atoms with E-state index in [4.69, 9.17) is 4.74 Å². The van der Waals surface area contributed by atoms with Crippen LogP contribution < -0.4 is 15.0 Å². The highest BCUT2D eigenvalue weighted by Crippen LogP contribution is 2.33. The number of anilines is 2. The third-order valence-electron chi connectivity index (χ3n) is 5.08. The summed E-state index contributed by atoms with van der Waals surface area (Å²) >= 11 is 0. The van der Waals surface area contributed by atoms with Crippen molar-refractivity contribution in [1.29, 1.82) is 5.26 Å². The standard InChI is InChI=1S/C22H20FN5O/c1-14-22(27-18-8-17(23)9-20(10-18)29-2)5-6-28(14)19-3-4-21(15(7-19)11-24)16-12-25-26-13-16/h3-4,7-10,12-13,22,27H,1,5-6H2,2H3,(H,25,26). The maximum absolute atomic E-state index is 13.8. The topological polar surface area (TPSA) is 77.0 Å². The van der Waals surface area contributed by atoms with Crippen LogP contribution in [-0.4, -0.2) is 29.9 Å². The summed E-state index contributed by atoms with van der Waals surface area (Å²) in [4.78, 5) is 2.08. The van der Waals surface area contributed by atoms with Gasteiger partial charge in [0.25, 0.3) is 0 Å². The van der Waals surface area contributed by atoms with Gasteiger partial charge in [-0.15, -0.1) is 0 Å². The second-order valence-corrected chi connectivity index (χ2v) is 6.84. The fourth-order valence-corrected chi connectivity index (χ4v) is 3.61. The van der Waals surface area contributed by atoms with Crippen molar-refractivity contribution in [2.24, 2.45) is 0 Å².